The monoisotopic (exact) mass is 419 g/mol. The quantitative estimate of drug-likeness (QED) is 0.687. The number of likely N-dealkylation sites (N-methyl/N-ethyl adjacent to an activating group) is 1. The maximum absolute atomic E-state index is 13.6. The van der Waals surface area contributed by atoms with Crippen LogP contribution in [0.1, 0.15) is 17.2 Å². The first-order valence-electron chi connectivity index (χ1n) is 6.08. The van der Waals surface area contributed by atoms with Gasteiger partial charge in [0.1, 0.15) is 5.82 Å². The van der Waals surface area contributed by atoms with E-state index in [4.69, 9.17) is 11.6 Å². The Morgan fingerprint density at radius 3 is 2.60 bits per heavy atom. The van der Waals surface area contributed by atoms with E-state index >= 15 is 0 Å². The third kappa shape index (κ3) is 3.42. The van der Waals surface area contributed by atoms with Crippen LogP contribution in [0.25, 0.3) is 0 Å². The molecule has 5 heteroatoms. The number of benzene rings is 2. The molecule has 0 spiro atoms. The standard InChI is InChI=1S/C15H13Br2ClFN/c1-20-13(10-5-3-6-11(16)15(10)18)8-9-4-2-7-12(19)14(9)17/h2-7,13,20H,8H2,1H3. The molecule has 1 N–H and O–H groups in total. The molecule has 2 aromatic carbocycles. The lowest BCUT2D eigenvalue weighted by molar-refractivity contribution is 0.580. The fourth-order valence-corrected chi connectivity index (χ4v) is 3.15. The van der Waals surface area contributed by atoms with E-state index in [1.807, 2.05) is 31.3 Å². The molecule has 106 valence electrons. The van der Waals surface area contributed by atoms with Crippen LogP contribution in [0.4, 0.5) is 4.39 Å². The molecule has 0 aliphatic rings. The number of rotatable bonds is 4. The largest absolute Gasteiger partial charge is 0.313 e. The highest BCUT2D eigenvalue weighted by atomic mass is 79.9. The van der Waals surface area contributed by atoms with E-state index < -0.39 is 0 Å². The maximum atomic E-state index is 13.6. The van der Waals surface area contributed by atoms with Gasteiger partial charge in [-0.1, -0.05) is 35.9 Å². The first-order chi connectivity index (χ1) is 9.54. The number of hydrogen-bond acceptors (Lipinski definition) is 1. The first-order valence-corrected chi connectivity index (χ1v) is 8.05. The van der Waals surface area contributed by atoms with Crippen molar-refractivity contribution in [1.82, 2.24) is 5.32 Å². The van der Waals surface area contributed by atoms with Crippen LogP contribution in [0.5, 0.6) is 0 Å². The summed E-state index contributed by atoms with van der Waals surface area (Å²) in [6.07, 6.45) is 0.644. The minimum atomic E-state index is -0.252. The zero-order valence-corrected chi connectivity index (χ0v) is 14.7. The number of nitrogens with one attached hydrogen (secondary N) is 1. The van der Waals surface area contributed by atoms with Crippen molar-refractivity contribution >= 4 is 43.5 Å². The van der Waals surface area contributed by atoms with Crippen LogP contribution in [0.15, 0.2) is 45.3 Å². The van der Waals surface area contributed by atoms with Crippen molar-refractivity contribution in [2.75, 3.05) is 7.05 Å². The predicted molar refractivity (Wildman–Crippen MR) is 88.8 cm³/mol. The van der Waals surface area contributed by atoms with E-state index in [1.165, 1.54) is 6.07 Å². The molecule has 1 nitrogen and oxygen atoms in total. The van der Waals surface area contributed by atoms with Gasteiger partial charge in [0.05, 0.1) is 9.50 Å². The van der Waals surface area contributed by atoms with Gasteiger partial charge in [-0.2, -0.15) is 0 Å². The van der Waals surface area contributed by atoms with Gasteiger partial charge in [0.2, 0.25) is 0 Å². The first kappa shape index (κ1) is 16.0. The van der Waals surface area contributed by atoms with Crippen molar-refractivity contribution in [3.05, 3.63) is 67.3 Å². The Bertz CT molecular complexity index is 619. The second-order valence-corrected chi connectivity index (χ2v) is 6.43. The lowest BCUT2D eigenvalue weighted by Crippen LogP contribution is -2.19. The second-order valence-electron chi connectivity index (χ2n) is 4.40. The van der Waals surface area contributed by atoms with E-state index in [1.54, 1.807) is 6.07 Å². The molecule has 0 bridgehead atoms. The highest BCUT2D eigenvalue weighted by molar-refractivity contribution is 9.10. The molecule has 0 heterocycles. The molecule has 0 aliphatic carbocycles. The molecule has 0 saturated carbocycles. The Labute approximate surface area is 139 Å². The van der Waals surface area contributed by atoms with Crippen molar-refractivity contribution < 1.29 is 4.39 Å². The van der Waals surface area contributed by atoms with Crippen LogP contribution in [-0.4, -0.2) is 7.05 Å². The summed E-state index contributed by atoms with van der Waals surface area (Å²) < 4.78 is 14.9. The fraction of sp³-hybridized carbons (Fsp3) is 0.200. The van der Waals surface area contributed by atoms with Crippen molar-refractivity contribution in [3.63, 3.8) is 0 Å². The van der Waals surface area contributed by atoms with Crippen LogP contribution >= 0.6 is 43.5 Å². The van der Waals surface area contributed by atoms with E-state index in [-0.39, 0.29) is 11.9 Å². The smallest absolute Gasteiger partial charge is 0.137 e. The molecule has 0 fully saturated rings. The predicted octanol–water partition coefficient (Wildman–Crippen LogP) is 5.51. The average Bonchev–Trinajstić information content (AvgIpc) is 2.44. The summed E-state index contributed by atoms with van der Waals surface area (Å²) in [7, 11) is 1.87. The molecular weight excluding hydrogens is 408 g/mol. The van der Waals surface area contributed by atoms with Crippen LogP contribution in [0.2, 0.25) is 5.02 Å². The highest BCUT2D eigenvalue weighted by Gasteiger charge is 2.17. The molecule has 1 unspecified atom stereocenters. The molecule has 0 radical (unpaired) electrons. The normalized spacial score (nSPS) is 12.4. The van der Waals surface area contributed by atoms with Gasteiger partial charge in [-0.05, 0) is 68.6 Å². The van der Waals surface area contributed by atoms with E-state index in [2.05, 4.69) is 37.2 Å². The Balaban J connectivity index is 2.34. The molecule has 2 rings (SSSR count). The van der Waals surface area contributed by atoms with Crippen molar-refractivity contribution in [2.45, 2.75) is 12.5 Å². The summed E-state index contributed by atoms with van der Waals surface area (Å²) in [5.41, 5.74) is 1.89. The minimum Gasteiger partial charge on any atom is -0.313 e. The van der Waals surface area contributed by atoms with Gasteiger partial charge in [0.15, 0.2) is 0 Å². The molecule has 2 aromatic rings. The van der Waals surface area contributed by atoms with E-state index in [0.29, 0.717) is 15.9 Å². The molecule has 0 amide bonds. The summed E-state index contributed by atoms with van der Waals surface area (Å²) in [6, 6.07) is 10.9. The molecule has 0 aliphatic heterocycles. The number of hydrogen-bond donors (Lipinski definition) is 1. The summed E-state index contributed by atoms with van der Waals surface area (Å²) in [5, 5.41) is 3.91. The molecule has 0 aromatic heterocycles. The van der Waals surface area contributed by atoms with Crippen LogP contribution < -0.4 is 5.32 Å². The van der Waals surface area contributed by atoms with Gasteiger partial charge in [-0.15, -0.1) is 0 Å². The van der Waals surface area contributed by atoms with Crippen LogP contribution in [-0.2, 0) is 6.42 Å². The molecule has 0 saturated heterocycles. The van der Waals surface area contributed by atoms with E-state index in [9.17, 15) is 4.39 Å². The van der Waals surface area contributed by atoms with Gasteiger partial charge in [-0.3, -0.25) is 0 Å². The summed E-state index contributed by atoms with van der Waals surface area (Å²) in [5.74, 6) is -0.252. The average molecular weight is 422 g/mol. The SMILES string of the molecule is CNC(Cc1cccc(F)c1Br)c1cccc(Br)c1Cl. The third-order valence-corrected chi connectivity index (χ3v) is 5.36. The van der Waals surface area contributed by atoms with Gasteiger partial charge in [0.25, 0.3) is 0 Å². The minimum absolute atomic E-state index is 0.0121. The van der Waals surface area contributed by atoms with Gasteiger partial charge in [0, 0.05) is 10.5 Å². The van der Waals surface area contributed by atoms with Gasteiger partial charge < -0.3 is 5.32 Å². The summed E-state index contributed by atoms with van der Waals surface area (Å²) >= 11 is 13.1. The lowest BCUT2D eigenvalue weighted by Gasteiger charge is -2.19. The summed E-state index contributed by atoms with van der Waals surface area (Å²) in [6.45, 7) is 0. The zero-order valence-electron chi connectivity index (χ0n) is 10.8. The molecule has 20 heavy (non-hydrogen) atoms. The van der Waals surface area contributed by atoms with Gasteiger partial charge in [-0.25, -0.2) is 4.39 Å². The zero-order chi connectivity index (χ0) is 14.7. The Kier molecular flexibility index (Phi) is 5.61. The van der Waals surface area contributed by atoms with E-state index in [0.717, 1.165) is 15.6 Å². The Morgan fingerprint density at radius 2 is 1.90 bits per heavy atom. The van der Waals surface area contributed by atoms with Crippen molar-refractivity contribution in [2.24, 2.45) is 0 Å². The van der Waals surface area contributed by atoms with Crippen LogP contribution in [0, 0.1) is 5.82 Å². The Morgan fingerprint density at radius 1 is 1.20 bits per heavy atom. The second kappa shape index (κ2) is 7.03. The summed E-state index contributed by atoms with van der Waals surface area (Å²) in [4.78, 5) is 0. The third-order valence-electron chi connectivity index (χ3n) is 3.16. The van der Waals surface area contributed by atoms with Crippen molar-refractivity contribution in [1.29, 1.82) is 0 Å². The lowest BCUT2D eigenvalue weighted by atomic mass is 9.99. The number of halogens is 4. The van der Waals surface area contributed by atoms with Crippen LogP contribution in [0.3, 0.4) is 0 Å². The maximum Gasteiger partial charge on any atom is 0.137 e. The fourth-order valence-electron chi connectivity index (χ4n) is 2.08. The Hall–Kier alpha value is -0.420. The molecule has 1 atom stereocenters. The topological polar surface area (TPSA) is 12.0 Å². The molecular formula is C15H13Br2ClFN. The highest BCUT2D eigenvalue weighted by Crippen LogP contribution is 2.33. The van der Waals surface area contributed by atoms with Gasteiger partial charge >= 0.3 is 0 Å². The van der Waals surface area contributed by atoms with Crippen molar-refractivity contribution in [3.8, 4) is 0 Å².